The summed E-state index contributed by atoms with van der Waals surface area (Å²) in [5, 5.41) is 11.6. The molecule has 0 atom stereocenters. The molecule has 1 rings (SSSR count). The van der Waals surface area contributed by atoms with Crippen LogP contribution in [0.3, 0.4) is 0 Å². The minimum atomic E-state index is -0.561. The third-order valence-electron chi connectivity index (χ3n) is 1.52. The molecule has 0 unspecified atom stereocenters. The first kappa shape index (κ1) is 12.2. The second-order valence-electron chi connectivity index (χ2n) is 2.65. The Morgan fingerprint density at radius 1 is 1.33 bits per heavy atom. The quantitative estimate of drug-likeness (QED) is 0.637. The van der Waals surface area contributed by atoms with Gasteiger partial charge in [-0.05, 0) is 12.1 Å². The van der Waals surface area contributed by atoms with Gasteiger partial charge in [0, 0.05) is 5.69 Å². The summed E-state index contributed by atoms with van der Waals surface area (Å²) in [6.07, 6.45) is 0. The fourth-order valence-corrected chi connectivity index (χ4v) is 1.37. The highest BCUT2D eigenvalue weighted by Gasteiger charge is 2.09. The molecule has 0 spiro atoms. The number of hydrogen-bond donors (Lipinski definition) is 2. The van der Waals surface area contributed by atoms with E-state index in [1.165, 1.54) is 12.1 Å². The molecule has 0 fully saturated rings. The van der Waals surface area contributed by atoms with Gasteiger partial charge < -0.3 is 10.4 Å². The van der Waals surface area contributed by atoms with E-state index in [0.29, 0.717) is 5.69 Å². The molecule has 0 saturated heterocycles. The molecule has 1 amide bonds. The topological polar surface area (TPSA) is 49.3 Å². The summed E-state index contributed by atoms with van der Waals surface area (Å²) in [5.74, 6) is -0.796. The van der Waals surface area contributed by atoms with E-state index in [4.69, 9.17) is 34.8 Å². The van der Waals surface area contributed by atoms with E-state index in [1.54, 1.807) is 0 Å². The van der Waals surface area contributed by atoms with Crippen molar-refractivity contribution in [1.29, 1.82) is 0 Å². The van der Waals surface area contributed by atoms with E-state index in [2.05, 4.69) is 11.9 Å². The molecule has 80 valence electrons. The maximum absolute atomic E-state index is 11.1. The summed E-state index contributed by atoms with van der Waals surface area (Å²) in [5.41, 5.74) is 0.328. The SMILES string of the molecule is C=C(Cl)C(=O)Nc1cc(Cl)c(O)c(Cl)c1. The minimum Gasteiger partial charge on any atom is -0.505 e. The average Bonchev–Trinajstić information content (AvgIpc) is 2.13. The fraction of sp³-hybridized carbons (Fsp3) is 0. The summed E-state index contributed by atoms with van der Waals surface area (Å²) in [7, 11) is 0. The molecule has 6 heteroatoms. The van der Waals surface area contributed by atoms with Crippen molar-refractivity contribution in [1.82, 2.24) is 0 Å². The molecule has 0 bridgehead atoms. The Kier molecular flexibility index (Phi) is 3.85. The first-order valence-electron chi connectivity index (χ1n) is 3.75. The lowest BCUT2D eigenvalue weighted by Gasteiger charge is -2.06. The van der Waals surface area contributed by atoms with Gasteiger partial charge in [0.1, 0.15) is 0 Å². The third-order valence-corrected chi connectivity index (χ3v) is 2.27. The number of amides is 1. The molecule has 1 aromatic carbocycles. The van der Waals surface area contributed by atoms with Crippen molar-refractivity contribution in [2.24, 2.45) is 0 Å². The van der Waals surface area contributed by atoms with Crippen LogP contribution in [0.1, 0.15) is 0 Å². The number of benzene rings is 1. The lowest BCUT2D eigenvalue weighted by molar-refractivity contribution is -0.112. The van der Waals surface area contributed by atoms with Crippen molar-refractivity contribution in [2.75, 3.05) is 5.32 Å². The highest BCUT2D eigenvalue weighted by Crippen LogP contribution is 2.34. The lowest BCUT2D eigenvalue weighted by Crippen LogP contribution is -2.10. The number of nitrogens with one attached hydrogen (secondary N) is 1. The Bertz CT molecular complexity index is 408. The Hall–Kier alpha value is -0.900. The minimum absolute atomic E-state index is 0.0398. The van der Waals surface area contributed by atoms with Crippen molar-refractivity contribution >= 4 is 46.4 Å². The molecule has 0 heterocycles. The third kappa shape index (κ3) is 3.02. The van der Waals surface area contributed by atoms with Crippen LogP contribution < -0.4 is 5.32 Å². The van der Waals surface area contributed by atoms with Crippen molar-refractivity contribution < 1.29 is 9.90 Å². The number of anilines is 1. The molecule has 0 aliphatic carbocycles. The Morgan fingerprint density at radius 2 is 1.80 bits per heavy atom. The standard InChI is InChI=1S/C9H6Cl3NO2/c1-4(10)9(15)13-5-2-6(11)8(14)7(12)3-5/h2-3,14H,1H2,(H,13,15). The van der Waals surface area contributed by atoms with Crippen LogP contribution in [0.5, 0.6) is 5.75 Å². The Morgan fingerprint density at radius 3 is 2.20 bits per heavy atom. The Labute approximate surface area is 101 Å². The van der Waals surface area contributed by atoms with Crippen molar-refractivity contribution in [3.05, 3.63) is 33.8 Å². The van der Waals surface area contributed by atoms with Gasteiger partial charge in [-0.2, -0.15) is 0 Å². The second-order valence-corrected chi connectivity index (χ2v) is 3.92. The van der Waals surface area contributed by atoms with Gasteiger partial charge in [-0.25, -0.2) is 0 Å². The normalized spacial score (nSPS) is 9.80. The highest BCUT2D eigenvalue weighted by atomic mass is 35.5. The predicted molar refractivity (Wildman–Crippen MR) is 61.7 cm³/mol. The van der Waals surface area contributed by atoms with Gasteiger partial charge in [0.25, 0.3) is 5.91 Å². The number of rotatable bonds is 2. The van der Waals surface area contributed by atoms with Gasteiger partial charge in [0.05, 0.1) is 15.1 Å². The number of phenolic OH excluding ortho intramolecular Hbond substituents is 1. The molecule has 0 aromatic heterocycles. The fourth-order valence-electron chi connectivity index (χ4n) is 0.837. The summed E-state index contributed by atoms with van der Waals surface area (Å²) in [6.45, 7) is 3.25. The number of aromatic hydroxyl groups is 1. The number of carbonyl (C=O) groups excluding carboxylic acids is 1. The van der Waals surface area contributed by atoms with Crippen LogP contribution in [0.4, 0.5) is 5.69 Å². The van der Waals surface area contributed by atoms with E-state index >= 15 is 0 Å². The first-order chi connectivity index (χ1) is 6.91. The summed E-state index contributed by atoms with van der Waals surface area (Å²) < 4.78 is 0. The van der Waals surface area contributed by atoms with Gasteiger partial charge in [-0.15, -0.1) is 0 Å². The van der Waals surface area contributed by atoms with Gasteiger partial charge in [0.15, 0.2) is 5.75 Å². The monoisotopic (exact) mass is 265 g/mol. The van der Waals surface area contributed by atoms with E-state index in [1.807, 2.05) is 0 Å². The molecule has 1 aromatic rings. The Balaban J connectivity index is 2.98. The predicted octanol–water partition coefficient (Wildman–Crippen LogP) is 3.39. The zero-order chi connectivity index (χ0) is 11.6. The van der Waals surface area contributed by atoms with E-state index < -0.39 is 5.91 Å². The van der Waals surface area contributed by atoms with Gasteiger partial charge >= 0.3 is 0 Å². The molecule has 2 N–H and O–H groups in total. The largest absolute Gasteiger partial charge is 0.505 e. The number of hydrogen-bond acceptors (Lipinski definition) is 2. The molecule has 0 saturated carbocycles. The summed E-state index contributed by atoms with van der Waals surface area (Å²) >= 11 is 16.6. The zero-order valence-electron chi connectivity index (χ0n) is 7.35. The summed E-state index contributed by atoms with van der Waals surface area (Å²) in [4.78, 5) is 11.1. The maximum atomic E-state index is 11.1. The van der Waals surface area contributed by atoms with E-state index in [0.717, 1.165) is 0 Å². The first-order valence-corrected chi connectivity index (χ1v) is 4.89. The smallest absolute Gasteiger partial charge is 0.266 e. The van der Waals surface area contributed by atoms with Crippen molar-refractivity contribution in [2.45, 2.75) is 0 Å². The van der Waals surface area contributed by atoms with Crippen LogP contribution in [-0.2, 0) is 4.79 Å². The number of halogens is 3. The molecule has 15 heavy (non-hydrogen) atoms. The summed E-state index contributed by atoms with van der Waals surface area (Å²) in [6, 6.07) is 2.70. The second kappa shape index (κ2) is 4.75. The molecule has 0 radical (unpaired) electrons. The van der Waals surface area contributed by atoms with E-state index in [9.17, 15) is 9.90 Å². The number of carbonyl (C=O) groups is 1. The number of phenols is 1. The van der Waals surface area contributed by atoms with Gasteiger partial charge in [-0.1, -0.05) is 41.4 Å². The van der Waals surface area contributed by atoms with Gasteiger partial charge in [0.2, 0.25) is 0 Å². The lowest BCUT2D eigenvalue weighted by atomic mass is 10.3. The highest BCUT2D eigenvalue weighted by molar-refractivity contribution is 6.43. The van der Waals surface area contributed by atoms with E-state index in [-0.39, 0.29) is 20.8 Å². The molecule has 3 nitrogen and oxygen atoms in total. The van der Waals surface area contributed by atoms with Crippen LogP contribution >= 0.6 is 34.8 Å². The van der Waals surface area contributed by atoms with Gasteiger partial charge in [-0.3, -0.25) is 4.79 Å². The van der Waals surface area contributed by atoms with Crippen LogP contribution in [0, 0.1) is 0 Å². The molecular weight excluding hydrogens is 260 g/mol. The van der Waals surface area contributed by atoms with Crippen LogP contribution in [-0.4, -0.2) is 11.0 Å². The van der Waals surface area contributed by atoms with Crippen molar-refractivity contribution in [3.63, 3.8) is 0 Å². The average molecular weight is 267 g/mol. The van der Waals surface area contributed by atoms with Crippen LogP contribution in [0.25, 0.3) is 0 Å². The molecular formula is C9H6Cl3NO2. The maximum Gasteiger partial charge on any atom is 0.266 e. The molecule has 0 aliphatic rings. The van der Waals surface area contributed by atoms with Crippen LogP contribution in [0.2, 0.25) is 10.0 Å². The molecule has 0 aliphatic heterocycles. The zero-order valence-corrected chi connectivity index (χ0v) is 9.62. The van der Waals surface area contributed by atoms with Crippen molar-refractivity contribution in [3.8, 4) is 5.75 Å². The van der Waals surface area contributed by atoms with Crippen LogP contribution in [0.15, 0.2) is 23.7 Å².